The zero-order valence-electron chi connectivity index (χ0n) is 17.5. The van der Waals surface area contributed by atoms with E-state index < -0.39 is 0 Å². The molecule has 0 aromatic heterocycles. The highest BCUT2D eigenvalue weighted by molar-refractivity contribution is 6.30. The Morgan fingerprint density at radius 3 is 2.38 bits per heavy atom. The third-order valence-electron chi connectivity index (χ3n) is 4.55. The summed E-state index contributed by atoms with van der Waals surface area (Å²) in [5.41, 5.74) is 0.266. The minimum Gasteiger partial charge on any atom is -0.352 e. The van der Waals surface area contributed by atoms with Crippen molar-refractivity contribution in [3.63, 3.8) is 0 Å². The maximum absolute atomic E-state index is 12.5. The van der Waals surface area contributed by atoms with E-state index >= 15 is 0 Å². The van der Waals surface area contributed by atoms with Gasteiger partial charge in [-0.05, 0) is 51.5 Å². The lowest BCUT2D eigenvalue weighted by Gasteiger charge is -2.25. The van der Waals surface area contributed by atoms with Gasteiger partial charge in [0, 0.05) is 55.3 Å². The Morgan fingerprint density at radius 1 is 1.03 bits per heavy atom. The predicted molar refractivity (Wildman–Crippen MR) is 114 cm³/mol. The van der Waals surface area contributed by atoms with Gasteiger partial charge in [0.2, 0.25) is 11.8 Å². The average Bonchev–Trinajstić information content (AvgIpc) is 2.86. The van der Waals surface area contributed by atoms with Crippen molar-refractivity contribution < 1.29 is 14.4 Å². The summed E-state index contributed by atoms with van der Waals surface area (Å²) in [5.74, 6) is -0.203. The number of nitrogens with zero attached hydrogens (tertiary/aromatic N) is 2. The molecule has 0 bridgehead atoms. The minimum absolute atomic E-state index is 0.00203. The number of benzene rings is 1. The first-order valence-corrected chi connectivity index (χ1v) is 10.4. The van der Waals surface area contributed by atoms with Crippen LogP contribution in [0.5, 0.6) is 0 Å². The lowest BCUT2D eigenvalue weighted by Crippen LogP contribution is -2.46. The number of carbonyl (C=O) groups is 3. The van der Waals surface area contributed by atoms with E-state index in [4.69, 9.17) is 11.6 Å². The smallest absolute Gasteiger partial charge is 0.251 e. The van der Waals surface area contributed by atoms with Crippen molar-refractivity contribution in [1.29, 1.82) is 0 Å². The molecule has 0 atom stereocenters. The Bertz CT molecular complexity index is 716. The van der Waals surface area contributed by atoms with Crippen LogP contribution in [-0.2, 0) is 9.59 Å². The first kappa shape index (κ1) is 23.2. The molecule has 1 saturated heterocycles. The number of rotatable bonds is 6. The first-order valence-electron chi connectivity index (χ1n) is 9.99. The Morgan fingerprint density at radius 2 is 1.72 bits per heavy atom. The minimum atomic E-state index is -0.249. The zero-order chi connectivity index (χ0) is 21.4. The predicted octanol–water partition coefficient (Wildman–Crippen LogP) is 1.91. The second-order valence-corrected chi connectivity index (χ2v) is 8.76. The zero-order valence-corrected chi connectivity index (χ0v) is 18.2. The maximum Gasteiger partial charge on any atom is 0.251 e. The fourth-order valence-electron chi connectivity index (χ4n) is 3.18. The van der Waals surface area contributed by atoms with E-state index in [0.717, 1.165) is 13.0 Å². The lowest BCUT2D eigenvalue weighted by atomic mass is 10.1. The largest absolute Gasteiger partial charge is 0.352 e. The normalized spacial score (nSPS) is 15.5. The molecule has 0 saturated carbocycles. The summed E-state index contributed by atoms with van der Waals surface area (Å²) in [6.07, 6.45) is 1.08. The van der Waals surface area contributed by atoms with E-state index in [0.29, 0.717) is 36.8 Å². The van der Waals surface area contributed by atoms with Gasteiger partial charge in [-0.3, -0.25) is 19.3 Å². The standard InChI is InChI=1S/C21H31ClN4O3/c1-21(2,3)24-18(27)15-25-11-4-12-26(14-13-25)19(28)9-10-23-20(29)16-5-7-17(22)8-6-16/h5-8H,4,9-15H2,1-3H3,(H,23,29)(H,24,27). The molecule has 0 aliphatic carbocycles. The second kappa shape index (κ2) is 10.6. The molecule has 160 valence electrons. The summed E-state index contributed by atoms with van der Waals surface area (Å²) in [6, 6.07) is 6.62. The van der Waals surface area contributed by atoms with Gasteiger partial charge in [0.1, 0.15) is 0 Å². The van der Waals surface area contributed by atoms with Crippen molar-refractivity contribution in [2.75, 3.05) is 39.3 Å². The van der Waals surface area contributed by atoms with Crippen molar-refractivity contribution in [1.82, 2.24) is 20.4 Å². The fourth-order valence-corrected chi connectivity index (χ4v) is 3.31. The van der Waals surface area contributed by atoms with E-state index in [1.165, 1.54) is 0 Å². The van der Waals surface area contributed by atoms with Gasteiger partial charge < -0.3 is 15.5 Å². The molecule has 0 spiro atoms. The summed E-state index contributed by atoms with van der Waals surface area (Å²) in [7, 11) is 0. The van der Waals surface area contributed by atoms with Crippen LogP contribution in [0.25, 0.3) is 0 Å². The quantitative estimate of drug-likeness (QED) is 0.733. The fraction of sp³-hybridized carbons (Fsp3) is 0.571. The van der Waals surface area contributed by atoms with Crippen LogP contribution in [0.3, 0.4) is 0 Å². The van der Waals surface area contributed by atoms with Crippen LogP contribution < -0.4 is 10.6 Å². The highest BCUT2D eigenvalue weighted by Gasteiger charge is 2.22. The molecule has 2 rings (SSSR count). The molecular formula is C21H31ClN4O3. The number of carbonyl (C=O) groups excluding carboxylic acids is 3. The van der Waals surface area contributed by atoms with Crippen LogP contribution in [0.4, 0.5) is 0 Å². The van der Waals surface area contributed by atoms with Gasteiger partial charge in [0.15, 0.2) is 0 Å². The molecule has 2 N–H and O–H groups in total. The molecule has 1 aliphatic rings. The van der Waals surface area contributed by atoms with Crippen LogP contribution in [0.1, 0.15) is 44.0 Å². The summed E-state index contributed by atoms with van der Waals surface area (Å²) in [5, 5.41) is 6.31. The van der Waals surface area contributed by atoms with Gasteiger partial charge in [-0.15, -0.1) is 0 Å². The third kappa shape index (κ3) is 8.41. The van der Waals surface area contributed by atoms with Gasteiger partial charge in [0.25, 0.3) is 5.91 Å². The van der Waals surface area contributed by atoms with Crippen molar-refractivity contribution >= 4 is 29.3 Å². The van der Waals surface area contributed by atoms with Crippen LogP contribution in [-0.4, -0.2) is 72.3 Å². The molecule has 8 heteroatoms. The van der Waals surface area contributed by atoms with E-state index in [9.17, 15) is 14.4 Å². The Hall–Kier alpha value is -2.12. The number of hydrogen-bond acceptors (Lipinski definition) is 4. The number of hydrogen-bond donors (Lipinski definition) is 2. The molecule has 29 heavy (non-hydrogen) atoms. The van der Waals surface area contributed by atoms with Crippen LogP contribution in [0.2, 0.25) is 5.02 Å². The van der Waals surface area contributed by atoms with Gasteiger partial charge in [0.05, 0.1) is 6.54 Å². The van der Waals surface area contributed by atoms with E-state index in [1.807, 2.05) is 25.7 Å². The lowest BCUT2D eigenvalue weighted by molar-refractivity contribution is -0.130. The Kier molecular flexibility index (Phi) is 8.46. The summed E-state index contributed by atoms with van der Waals surface area (Å²) in [6.45, 7) is 9.21. The molecule has 0 radical (unpaired) electrons. The molecule has 1 aromatic rings. The number of halogens is 1. The molecule has 7 nitrogen and oxygen atoms in total. The summed E-state index contributed by atoms with van der Waals surface area (Å²) < 4.78 is 0. The van der Waals surface area contributed by atoms with Crippen LogP contribution >= 0.6 is 11.6 Å². The highest BCUT2D eigenvalue weighted by atomic mass is 35.5. The van der Waals surface area contributed by atoms with Crippen LogP contribution in [0, 0.1) is 0 Å². The second-order valence-electron chi connectivity index (χ2n) is 8.32. The third-order valence-corrected chi connectivity index (χ3v) is 4.81. The summed E-state index contributed by atoms with van der Waals surface area (Å²) >= 11 is 5.82. The molecule has 3 amide bonds. The topological polar surface area (TPSA) is 81.8 Å². The molecule has 1 aliphatic heterocycles. The van der Waals surface area contributed by atoms with Gasteiger partial charge in [-0.25, -0.2) is 0 Å². The SMILES string of the molecule is CC(C)(C)NC(=O)CN1CCCN(C(=O)CCNC(=O)c2ccc(Cl)cc2)CC1. The van der Waals surface area contributed by atoms with Crippen molar-refractivity contribution in [3.05, 3.63) is 34.9 Å². The number of nitrogens with one attached hydrogen (secondary N) is 2. The first-order chi connectivity index (χ1) is 13.6. The van der Waals surface area contributed by atoms with Gasteiger partial charge in [-0.1, -0.05) is 11.6 Å². The Labute approximate surface area is 177 Å². The van der Waals surface area contributed by atoms with Gasteiger partial charge in [-0.2, -0.15) is 0 Å². The van der Waals surface area contributed by atoms with E-state index in [1.54, 1.807) is 24.3 Å². The summed E-state index contributed by atoms with van der Waals surface area (Å²) in [4.78, 5) is 40.6. The monoisotopic (exact) mass is 422 g/mol. The van der Waals surface area contributed by atoms with Crippen molar-refractivity contribution in [3.8, 4) is 0 Å². The van der Waals surface area contributed by atoms with Gasteiger partial charge >= 0.3 is 0 Å². The highest BCUT2D eigenvalue weighted by Crippen LogP contribution is 2.09. The van der Waals surface area contributed by atoms with Crippen LogP contribution in [0.15, 0.2) is 24.3 Å². The Balaban J connectivity index is 1.72. The molecule has 0 unspecified atom stereocenters. The molecule has 1 heterocycles. The average molecular weight is 423 g/mol. The van der Waals surface area contributed by atoms with E-state index in [-0.39, 0.29) is 36.2 Å². The van der Waals surface area contributed by atoms with E-state index in [2.05, 4.69) is 15.5 Å². The molecule has 1 aromatic carbocycles. The number of amides is 3. The van der Waals surface area contributed by atoms with Crippen molar-refractivity contribution in [2.24, 2.45) is 0 Å². The molecular weight excluding hydrogens is 392 g/mol. The maximum atomic E-state index is 12.5. The molecule has 1 fully saturated rings. The van der Waals surface area contributed by atoms with Crippen molar-refractivity contribution in [2.45, 2.75) is 39.2 Å².